The minimum Gasteiger partial charge on any atom is -0.358 e. The van der Waals surface area contributed by atoms with Gasteiger partial charge in [0.25, 0.3) is 5.91 Å². The van der Waals surface area contributed by atoms with E-state index in [1.807, 2.05) is 32.0 Å². The van der Waals surface area contributed by atoms with E-state index in [-0.39, 0.29) is 11.7 Å². The van der Waals surface area contributed by atoms with Crippen molar-refractivity contribution in [3.05, 3.63) is 64.8 Å². The van der Waals surface area contributed by atoms with E-state index in [0.717, 1.165) is 22.2 Å². The number of hydrogen-bond donors (Lipinski definition) is 2. The largest absolute Gasteiger partial charge is 0.358 e. The smallest absolute Gasteiger partial charge is 0.258 e. The van der Waals surface area contributed by atoms with Crippen LogP contribution in [0.15, 0.2) is 42.5 Å². The minimum atomic E-state index is -0.159. The number of H-pyrrole nitrogens is 1. The highest BCUT2D eigenvalue weighted by molar-refractivity contribution is 6.14. The molecule has 0 saturated carbocycles. The fourth-order valence-corrected chi connectivity index (χ4v) is 2.72. The van der Waals surface area contributed by atoms with Crippen molar-refractivity contribution in [3.63, 3.8) is 0 Å². The fourth-order valence-electron chi connectivity index (χ4n) is 2.72. The number of rotatable bonds is 3. The minimum absolute atomic E-state index is 0.00530. The monoisotopic (exact) mass is 306 g/mol. The molecule has 0 radical (unpaired) electrons. The van der Waals surface area contributed by atoms with Gasteiger partial charge < -0.3 is 10.3 Å². The second-order valence-corrected chi connectivity index (χ2v) is 5.76. The molecule has 0 aliphatic carbocycles. The Kier molecular flexibility index (Phi) is 3.74. The van der Waals surface area contributed by atoms with Crippen LogP contribution in [0.3, 0.4) is 0 Å². The van der Waals surface area contributed by atoms with Crippen LogP contribution in [0.2, 0.25) is 0 Å². The van der Waals surface area contributed by atoms with E-state index in [4.69, 9.17) is 0 Å². The lowest BCUT2D eigenvalue weighted by molar-refractivity contribution is 0.101. The van der Waals surface area contributed by atoms with E-state index in [0.29, 0.717) is 16.8 Å². The van der Waals surface area contributed by atoms with E-state index in [9.17, 15) is 9.59 Å². The Morgan fingerprint density at radius 2 is 1.70 bits per heavy atom. The average molecular weight is 306 g/mol. The normalized spacial score (nSPS) is 10.7. The van der Waals surface area contributed by atoms with Crippen LogP contribution in [0, 0.1) is 13.8 Å². The number of anilines is 1. The molecule has 1 aromatic heterocycles. The highest BCUT2D eigenvalue weighted by atomic mass is 16.1. The van der Waals surface area contributed by atoms with Gasteiger partial charge in [0.05, 0.1) is 5.56 Å². The molecule has 116 valence electrons. The first-order valence-electron chi connectivity index (χ1n) is 7.47. The number of fused-ring (bicyclic) bond motifs is 1. The molecule has 0 bridgehead atoms. The van der Waals surface area contributed by atoms with Crippen molar-refractivity contribution in [1.29, 1.82) is 0 Å². The maximum absolute atomic E-state index is 12.6. The predicted octanol–water partition coefficient (Wildman–Crippen LogP) is 4.24. The summed E-state index contributed by atoms with van der Waals surface area (Å²) < 4.78 is 0. The lowest BCUT2D eigenvalue weighted by atomic mass is 10.1. The lowest BCUT2D eigenvalue weighted by Gasteiger charge is -2.06. The molecule has 1 heterocycles. The van der Waals surface area contributed by atoms with Crippen molar-refractivity contribution < 1.29 is 9.59 Å². The Balaban J connectivity index is 1.91. The first kappa shape index (κ1) is 15.0. The third-order valence-electron chi connectivity index (χ3n) is 3.92. The van der Waals surface area contributed by atoms with Crippen molar-refractivity contribution in [1.82, 2.24) is 4.98 Å². The van der Waals surface area contributed by atoms with Gasteiger partial charge in [-0.3, -0.25) is 9.59 Å². The molecular formula is C19H18N2O2. The van der Waals surface area contributed by atoms with Gasteiger partial charge in [-0.25, -0.2) is 0 Å². The molecule has 4 heteroatoms. The standard InChI is InChI=1S/C19H18N2O2/c1-11-4-9-16-17(10-11)20-12(2)18(16)19(23)21-15-7-5-14(6-8-15)13(3)22/h4-10,20H,1-3H3,(H,21,23). The van der Waals surface area contributed by atoms with E-state index in [2.05, 4.69) is 10.3 Å². The number of amides is 1. The predicted molar refractivity (Wildman–Crippen MR) is 92.2 cm³/mol. The van der Waals surface area contributed by atoms with Crippen molar-refractivity contribution in [2.24, 2.45) is 0 Å². The second-order valence-electron chi connectivity index (χ2n) is 5.76. The number of Topliss-reactive ketones (excluding diaryl/α,β-unsaturated/α-hetero) is 1. The Labute approximate surface area is 134 Å². The molecular weight excluding hydrogens is 288 g/mol. The molecule has 0 aliphatic rings. The Hall–Kier alpha value is -2.88. The van der Waals surface area contributed by atoms with E-state index in [1.54, 1.807) is 24.3 Å². The number of carbonyl (C=O) groups excluding carboxylic acids is 2. The number of benzene rings is 2. The Bertz CT molecular complexity index is 905. The zero-order valence-electron chi connectivity index (χ0n) is 13.4. The molecule has 1 amide bonds. The van der Waals surface area contributed by atoms with Crippen molar-refractivity contribution in [2.45, 2.75) is 20.8 Å². The maximum atomic E-state index is 12.6. The van der Waals surface area contributed by atoms with Gasteiger partial charge in [-0.15, -0.1) is 0 Å². The van der Waals surface area contributed by atoms with Crippen LogP contribution in [-0.4, -0.2) is 16.7 Å². The third-order valence-corrected chi connectivity index (χ3v) is 3.92. The number of aromatic amines is 1. The van der Waals surface area contributed by atoms with E-state index in [1.165, 1.54) is 6.92 Å². The Morgan fingerprint density at radius 1 is 1.00 bits per heavy atom. The first-order chi connectivity index (χ1) is 11.0. The molecule has 0 aliphatic heterocycles. The summed E-state index contributed by atoms with van der Waals surface area (Å²) in [6.07, 6.45) is 0. The molecule has 0 atom stereocenters. The van der Waals surface area contributed by atoms with Crippen LogP contribution in [-0.2, 0) is 0 Å². The third kappa shape index (κ3) is 2.88. The number of aryl methyl sites for hydroxylation is 2. The topological polar surface area (TPSA) is 62.0 Å². The quantitative estimate of drug-likeness (QED) is 0.711. The summed E-state index contributed by atoms with van der Waals surface area (Å²) >= 11 is 0. The summed E-state index contributed by atoms with van der Waals surface area (Å²) in [4.78, 5) is 27.2. The number of ketones is 1. The zero-order chi connectivity index (χ0) is 16.6. The molecule has 3 aromatic rings. The number of hydrogen-bond acceptors (Lipinski definition) is 2. The van der Waals surface area contributed by atoms with Gasteiger partial charge in [-0.2, -0.15) is 0 Å². The molecule has 0 spiro atoms. The van der Waals surface area contributed by atoms with Gasteiger partial charge in [0, 0.05) is 27.8 Å². The molecule has 4 nitrogen and oxygen atoms in total. The van der Waals surface area contributed by atoms with Gasteiger partial charge in [-0.1, -0.05) is 12.1 Å². The van der Waals surface area contributed by atoms with Crippen molar-refractivity contribution in [2.75, 3.05) is 5.32 Å². The molecule has 3 rings (SSSR count). The summed E-state index contributed by atoms with van der Waals surface area (Å²) in [6, 6.07) is 12.9. The second kappa shape index (κ2) is 5.72. The summed E-state index contributed by atoms with van der Waals surface area (Å²) in [5, 5.41) is 3.80. The van der Waals surface area contributed by atoms with Gasteiger partial charge in [0.1, 0.15) is 0 Å². The van der Waals surface area contributed by atoms with E-state index < -0.39 is 0 Å². The Morgan fingerprint density at radius 3 is 2.35 bits per heavy atom. The average Bonchev–Trinajstić information content (AvgIpc) is 2.82. The first-order valence-corrected chi connectivity index (χ1v) is 7.47. The summed E-state index contributed by atoms with van der Waals surface area (Å²) in [6.45, 7) is 5.43. The van der Waals surface area contributed by atoms with Gasteiger partial charge in [0.2, 0.25) is 0 Å². The fraction of sp³-hybridized carbons (Fsp3) is 0.158. The number of carbonyl (C=O) groups is 2. The highest BCUT2D eigenvalue weighted by Gasteiger charge is 2.16. The van der Waals surface area contributed by atoms with Crippen molar-refractivity contribution in [3.8, 4) is 0 Å². The van der Waals surface area contributed by atoms with Gasteiger partial charge in [-0.05, 0) is 56.7 Å². The molecule has 0 unspecified atom stereocenters. The SMILES string of the molecule is CC(=O)c1ccc(NC(=O)c2c(C)[nH]c3cc(C)ccc23)cc1. The molecule has 2 aromatic carbocycles. The van der Waals surface area contributed by atoms with Crippen LogP contribution in [0.25, 0.3) is 10.9 Å². The van der Waals surface area contributed by atoms with Crippen molar-refractivity contribution >= 4 is 28.3 Å². The van der Waals surface area contributed by atoms with Gasteiger partial charge >= 0.3 is 0 Å². The maximum Gasteiger partial charge on any atom is 0.258 e. The molecule has 0 fully saturated rings. The summed E-state index contributed by atoms with van der Waals surface area (Å²) in [7, 11) is 0. The van der Waals surface area contributed by atoms with Crippen LogP contribution in [0.1, 0.15) is 38.9 Å². The van der Waals surface area contributed by atoms with Crippen LogP contribution >= 0.6 is 0 Å². The van der Waals surface area contributed by atoms with Crippen LogP contribution < -0.4 is 5.32 Å². The highest BCUT2D eigenvalue weighted by Crippen LogP contribution is 2.24. The summed E-state index contributed by atoms with van der Waals surface area (Å²) in [5.41, 5.74) is 4.88. The molecule has 23 heavy (non-hydrogen) atoms. The zero-order valence-corrected chi connectivity index (χ0v) is 13.4. The van der Waals surface area contributed by atoms with Crippen LogP contribution in [0.5, 0.6) is 0 Å². The summed E-state index contributed by atoms with van der Waals surface area (Å²) in [5.74, 6) is -0.154. The lowest BCUT2D eigenvalue weighted by Crippen LogP contribution is -2.12. The molecule has 0 saturated heterocycles. The number of nitrogens with one attached hydrogen (secondary N) is 2. The molecule has 2 N–H and O–H groups in total. The van der Waals surface area contributed by atoms with Gasteiger partial charge in [0.15, 0.2) is 5.78 Å². The van der Waals surface area contributed by atoms with Crippen LogP contribution in [0.4, 0.5) is 5.69 Å². The number of aromatic nitrogens is 1. The van der Waals surface area contributed by atoms with E-state index >= 15 is 0 Å².